The van der Waals surface area contributed by atoms with Gasteiger partial charge in [-0.3, -0.25) is 9.20 Å². The Labute approximate surface area is 209 Å². The number of imidazole rings is 1. The number of halogens is 4. The molecule has 37 heavy (non-hydrogen) atoms. The maximum absolute atomic E-state index is 13.4. The summed E-state index contributed by atoms with van der Waals surface area (Å²) in [5.74, 6) is -0.471. The molecule has 11 heteroatoms. The first-order valence-corrected chi connectivity index (χ1v) is 12.0. The standard InChI is InChI=1S/C24H24FN3O2.C2HF3O2/c25-18-4-6-19(7-5-18)30-23-26-21(20-3-1-2-8-28(20)23)22(29)27-24-12-15-9-16(13-24)11-17(10-15)14-24;3-2(4,5)1(6)7/h1-8,15-17H,9-14H2,(H,27,29);(H,6,7). The Hall–Kier alpha value is -3.63. The largest absolute Gasteiger partial charge is 0.490 e. The Morgan fingerprint density at radius 2 is 1.57 bits per heavy atom. The topological polar surface area (TPSA) is 92.9 Å². The van der Waals surface area contributed by atoms with Crippen LogP contribution in [0.5, 0.6) is 11.8 Å². The number of fused-ring (bicyclic) bond motifs is 1. The van der Waals surface area contributed by atoms with E-state index in [1.807, 2.05) is 24.4 Å². The molecule has 4 aliphatic rings. The number of amides is 1. The second-order valence-electron chi connectivity index (χ2n) is 10.2. The van der Waals surface area contributed by atoms with Crippen LogP contribution < -0.4 is 10.1 Å². The fourth-order valence-corrected chi connectivity index (χ4v) is 6.42. The molecule has 4 aliphatic carbocycles. The maximum Gasteiger partial charge on any atom is 0.490 e. The van der Waals surface area contributed by atoms with E-state index in [0.717, 1.165) is 37.0 Å². The quantitative estimate of drug-likeness (QED) is 0.438. The summed E-state index contributed by atoms with van der Waals surface area (Å²) in [6.45, 7) is 0. The first kappa shape index (κ1) is 25.0. The number of pyridine rings is 1. The van der Waals surface area contributed by atoms with E-state index in [-0.39, 0.29) is 17.3 Å². The molecule has 4 saturated carbocycles. The van der Waals surface area contributed by atoms with Crippen molar-refractivity contribution in [3.63, 3.8) is 0 Å². The number of aromatic nitrogens is 2. The molecule has 4 fully saturated rings. The predicted octanol–water partition coefficient (Wildman–Crippen LogP) is 5.60. The molecule has 2 aromatic heterocycles. The SMILES string of the molecule is O=C(NC12CC3CC(CC(C3)C1)C2)c1nc(Oc2ccc(F)cc2)n2ccccc12.O=C(O)C(F)(F)F. The minimum atomic E-state index is -5.08. The highest BCUT2D eigenvalue weighted by Crippen LogP contribution is 2.55. The third-order valence-corrected chi connectivity index (χ3v) is 7.41. The minimum absolute atomic E-state index is 0.0749. The van der Waals surface area contributed by atoms with Crippen LogP contribution in [0.3, 0.4) is 0 Å². The van der Waals surface area contributed by atoms with E-state index in [2.05, 4.69) is 10.3 Å². The predicted molar refractivity (Wildman–Crippen MR) is 124 cm³/mol. The number of benzene rings is 1. The van der Waals surface area contributed by atoms with Crippen LogP contribution in [-0.4, -0.2) is 38.1 Å². The molecule has 1 aromatic carbocycles. The van der Waals surface area contributed by atoms with Gasteiger partial charge in [-0.15, -0.1) is 0 Å². The van der Waals surface area contributed by atoms with Crippen LogP contribution >= 0.6 is 0 Å². The second-order valence-corrected chi connectivity index (χ2v) is 10.2. The lowest BCUT2D eigenvalue weighted by Crippen LogP contribution is -2.59. The first-order valence-electron chi connectivity index (χ1n) is 12.0. The fourth-order valence-electron chi connectivity index (χ4n) is 6.42. The Kier molecular flexibility index (Phi) is 6.33. The molecule has 0 unspecified atom stereocenters. The van der Waals surface area contributed by atoms with Crippen LogP contribution in [0.1, 0.15) is 49.0 Å². The van der Waals surface area contributed by atoms with Crippen LogP contribution in [0.2, 0.25) is 0 Å². The molecule has 0 atom stereocenters. The van der Waals surface area contributed by atoms with Gasteiger partial charge in [0.2, 0.25) is 0 Å². The lowest BCUT2D eigenvalue weighted by molar-refractivity contribution is -0.192. The number of hydrogen-bond acceptors (Lipinski definition) is 4. The number of nitrogens with one attached hydrogen (secondary N) is 1. The van der Waals surface area contributed by atoms with E-state index in [4.69, 9.17) is 14.6 Å². The van der Waals surface area contributed by atoms with Gasteiger partial charge >= 0.3 is 18.2 Å². The van der Waals surface area contributed by atoms with Crippen LogP contribution in [-0.2, 0) is 4.79 Å². The molecular formula is C26H25F4N3O4. The highest BCUT2D eigenvalue weighted by molar-refractivity contribution is 5.99. The number of carbonyl (C=O) groups is 2. The van der Waals surface area contributed by atoms with Gasteiger partial charge in [-0.25, -0.2) is 9.18 Å². The van der Waals surface area contributed by atoms with Crippen molar-refractivity contribution in [2.45, 2.75) is 50.2 Å². The molecule has 7 nitrogen and oxygen atoms in total. The third-order valence-electron chi connectivity index (χ3n) is 7.41. The Bertz CT molecular complexity index is 1280. The molecule has 1 amide bonds. The summed E-state index contributed by atoms with van der Waals surface area (Å²) >= 11 is 0. The number of carboxylic acid groups (broad SMARTS) is 1. The first-order chi connectivity index (χ1) is 17.5. The molecule has 3 aromatic rings. The average Bonchev–Trinajstić information content (AvgIpc) is 3.18. The summed E-state index contributed by atoms with van der Waals surface area (Å²) in [6.07, 6.45) is 4.01. The van der Waals surface area contributed by atoms with Crippen molar-refractivity contribution in [3.8, 4) is 11.8 Å². The summed E-state index contributed by atoms with van der Waals surface area (Å²) < 4.78 is 52.6. The van der Waals surface area contributed by atoms with Gasteiger partial charge in [0, 0.05) is 11.7 Å². The van der Waals surface area contributed by atoms with Gasteiger partial charge in [0.15, 0.2) is 5.69 Å². The second kappa shape index (κ2) is 9.35. The van der Waals surface area contributed by atoms with Gasteiger partial charge in [-0.1, -0.05) is 6.07 Å². The number of rotatable bonds is 4. The van der Waals surface area contributed by atoms with Crippen molar-refractivity contribution in [1.29, 1.82) is 0 Å². The monoisotopic (exact) mass is 519 g/mol. The van der Waals surface area contributed by atoms with Gasteiger partial charge in [0.25, 0.3) is 5.91 Å². The number of hydrogen-bond donors (Lipinski definition) is 2. The molecule has 7 rings (SSSR count). The zero-order valence-electron chi connectivity index (χ0n) is 19.7. The summed E-state index contributed by atoms with van der Waals surface area (Å²) in [7, 11) is 0. The van der Waals surface area contributed by atoms with Crippen LogP contribution in [0, 0.1) is 23.6 Å². The molecule has 0 aliphatic heterocycles. The molecule has 0 radical (unpaired) electrons. The number of nitrogens with zero attached hydrogens (tertiary/aromatic N) is 2. The molecule has 196 valence electrons. The lowest BCUT2D eigenvalue weighted by atomic mass is 9.53. The van der Waals surface area contributed by atoms with Crippen LogP contribution in [0.15, 0.2) is 48.7 Å². The molecule has 2 heterocycles. The zero-order valence-corrected chi connectivity index (χ0v) is 19.7. The summed E-state index contributed by atoms with van der Waals surface area (Å²) in [6, 6.07) is 11.7. The van der Waals surface area contributed by atoms with Crippen molar-refractivity contribution in [2.24, 2.45) is 17.8 Å². The number of carbonyl (C=O) groups excluding carboxylic acids is 1. The summed E-state index contributed by atoms with van der Waals surface area (Å²) in [5.41, 5.74) is 1.01. The number of ether oxygens (including phenoxy) is 1. The Balaban J connectivity index is 0.000000355. The normalized spacial score (nSPS) is 25.9. The summed E-state index contributed by atoms with van der Waals surface area (Å²) in [5, 5.41) is 10.5. The van der Waals surface area contributed by atoms with Crippen molar-refractivity contribution in [3.05, 3.63) is 60.2 Å². The van der Waals surface area contributed by atoms with Crippen molar-refractivity contribution in [1.82, 2.24) is 14.7 Å². The number of carboxylic acids is 1. The highest BCUT2D eigenvalue weighted by atomic mass is 19.4. The molecule has 2 N–H and O–H groups in total. The fraction of sp³-hybridized carbons (Fsp3) is 0.423. The van der Waals surface area contributed by atoms with E-state index in [0.29, 0.717) is 23.0 Å². The van der Waals surface area contributed by atoms with Crippen LogP contribution in [0.25, 0.3) is 5.52 Å². The Morgan fingerprint density at radius 1 is 1.00 bits per heavy atom. The van der Waals surface area contributed by atoms with Crippen molar-refractivity contribution >= 4 is 17.4 Å². The van der Waals surface area contributed by atoms with E-state index >= 15 is 0 Å². The van der Waals surface area contributed by atoms with Gasteiger partial charge in [-0.2, -0.15) is 18.2 Å². The van der Waals surface area contributed by atoms with Crippen LogP contribution in [0.4, 0.5) is 17.6 Å². The molecular weight excluding hydrogens is 494 g/mol. The van der Waals surface area contributed by atoms with Gasteiger partial charge in [0.05, 0.1) is 5.52 Å². The minimum Gasteiger partial charge on any atom is -0.475 e. The van der Waals surface area contributed by atoms with Gasteiger partial charge in [0.1, 0.15) is 11.6 Å². The maximum atomic E-state index is 13.4. The van der Waals surface area contributed by atoms with E-state index in [9.17, 15) is 22.4 Å². The average molecular weight is 519 g/mol. The van der Waals surface area contributed by atoms with E-state index < -0.39 is 12.1 Å². The van der Waals surface area contributed by atoms with E-state index in [1.54, 1.807) is 16.5 Å². The molecule has 4 bridgehead atoms. The smallest absolute Gasteiger partial charge is 0.475 e. The van der Waals surface area contributed by atoms with Crippen molar-refractivity contribution in [2.75, 3.05) is 0 Å². The number of alkyl halides is 3. The van der Waals surface area contributed by atoms with Gasteiger partial charge in [-0.05, 0) is 92.7 Å². The lowest BCUT2D eigenvalue weighted by Gasteiger charge is -2.56. The molecule has 0 spiro atoms. The Morgan fingerprint density at radius 3 is 2.11 bits per heavy atom. The molecule has 0 saturated heterocycles. The number of aliphatic carboxylic acids is 1. The highest BCUT2D eigenvalue weighted by Gasteiger charge is 2.51. The van der Waals surface area contributed by atoms with Gasteiger partial charge < -0.3 is 15.2 Å². The third kappa shape index (κ3) is 5.26. The zero-order chi connectivity index (χ0) is 26.4. The van der Waals surface area contributed by atoms with E-state index in [1.165, 1.54) is 31.4 Å². The summed E-state index contributed by atoms with van der Waals surface area (Å²) in [4.78, 5) is 26.8. The van der Waals surface area contributed by atoms with Crippen molar-refractivity contribution < 1.29 is 37.0 Å².